The van der Waals surface area contributed by atoms with Crippen LogP contribution in [0.2, 0.25) is 5.02 Å². The molecule has 1 aliphatic rings. The molecule has 1 aliphatic heterocycles. The van der Waals surface area contributed by atoms with E-state index >= 15 is 0 Å². The molecule has 1 heterocycles. The van der Waals surface area contributed by atoms with Gasteiger partial charge >= 0.3 is 12.0 Å². The molecule has 0 bridgehead atoms. The second kappa shape index (κ2) is 5.91. The van der Waals surface area contributed by atoms with Crippen molar-refractivity contribution in [3.05, 3.63) is 28.8 Å². The molecule has 21 heavy (non-hydrogen) atoms. The maximum Gasteiger partial charge on any atom is 0.319 e. The third kappa shape index (κ3) is 3.28. The average Bonchev–Trinajstić information content (AvgIpc) is 2.77. The summed E-state index contributed by atoms with van der Waals surface area (Å²) in [6, 6.07) is 4.08. The highest BCUT2D eigenvalue weighted by Crippen LogP contribution is 2.28. The number of aliphatic carboxylic acids is 1. The Morgan fingerprint density at radius 3 is 2.81 bits per heavy atom. The first-order valence-electron chi connectivity index (χ1n) is 6.48. The van der Waals surface area contributed by atoms with Gasteiger partial charge in [-0.3, -0.25) is 4.79 Å². The van der Waals surface area contributed by atoms with Gasteiger partial charge in [0.1, 0.15) is 5.41 Å². The SMILES string of the molecule is Cc1ccc(NC(=O)NC2COCC2(C)C(=O)O)cc1Cl. The molecular formula is C14H17ClN2O4. The van der Waals surface area contributed by atoms with E-state index in [4.69, 9.17) is 16.3 Å². The quantitative estimate of drug-likeness (QED) is 0.799. The number of hydrogen-bond donors (Lipinski definition) is 3. The highest BCUT2D eigenvalue weighted by molar-refractivity contribution is 6.31. The minimum atomic E-state index is -1.12. The van der Waals surface area contributed by atoms with E-state index in [2.05, 4.69) is 10.6 Å². The van der Waals surface area contributed by atoms with Gasteiger partial charge in [-0.2, -0.15) is 0 Å². The van der Waals surface area contributed by atoms with Gasteiger partial charge in [-0.1, -0.05) is 17.7 Å². The zero-order valence-electron chi connectivity index (χ0n) is 11.8. The van der Waals surface area contributed by atoms with Crippen LogP contribution < -0.4 is 10.6 Å². The van der Waals surface area contributed by atoms with Crippen LogP contribution in [0.5, 0.6) is 0 Å². The van der Waals surface area contributed by atoms with Crippen LogP contribution in [-0.4, -0.2) is 36.4 Å². The number of urea groups is 1. The Kier molecular flexibility index (Phi) is 4.39. The summed E-state index contributed by atoms with van der Waals surface area (Å²) < 4.78 is 5.18. The monoisotopic (exact) mass is 312 g/mol. The van der Waals surface area contributed by atoms with Gasteiger partial charge in [0, 0.05) is 10.7 Å². The van der Waals surface area contributed by atoms with Crippen LogP contribution in [0.4, 0.5) is 10.5 Å². The van der Waals surface area contributed by atoms with Crippen LogP contribution in [-0.2, 0) is 9.53 Å². The number of carbonyl (C=O) groups excluding carboxylic acids is 1. The molecule has 0 aliphatic carbocycles. The Bertz CT molecular complexity index is 578. The van der Waals surface area contributed by atoms with E-state index < -0.39 is 23.5 Å². The largest absolute Gasteiger partial charge is 0.481 e. The third-order valence-electron chi connectivity index (χ3n) is 3.68. The van der Waals surface area contributed by atoms with Crippen molar-refractivity contribution in [3.8, 4) is 0 Å². The summed E-state index contributed by atoms with van der Waals surface area (Å²) in [5.41, 5.74) is 0.326. The van der Waals surface area contributed by atoms with Crippen LogP contribution in [0, 0.1) is 12.3 Å². The van der Waals surface area contributed by atoms with Gasteiger partial charge in [0.25, 0.3) is 0 Å². The lowest BCUT2D eigenvalue weighted by Gasteiger charge is -2.25. The molecule has 0 spiro atoms. The van der Waals surface area contributed by atoms with Gasteiger partial charge in [0.15, 0.2) is 0 Å². The fraction of sp³-hybridized carbons (Fsp3) is 0.429. The molecule has 0 radical (unpaired) electrons. The topological polar surface area (TPSA) is 87.7 Å². The molecule has 2 unspecified atom stereocenters. The molecule has 7 heteroatoms. The van der Waals surface area contributed by atoms with Crippen LogP contribution in [0.3, 0.4) is 0 Å². The number of carbonyl (C=O) groups is 2. The highest BCUT2D eigenvalue weighted by Gasteiger charge is 2.47. The van der Waals surface area contributed by atoms with Crippen LogP contribution in [0.15, 0.2) is 18.2 Å². The van der Waals surface area contributed by atoms with Crippen molar-refractivity contribution in [1.82, 2.24) is 5.32 Å². The van der Waals surface area contributed by atoms with Gasteiger partial charge in [-0.25, -0.2) is 4.79 Å². The normalized spacial score (nSPS) is 24.6. The molecule has 2 rings (SSSR count). The summed E-state index contributed by atoms with van der Waals surface area (Å²) in [5, 5.41) is 15.1. The average molecular weight is 313 g/mol. The number of ether oxygens (including phenoxy) is 1. The Morgan fingerprint density at radius 2 is 2.19 bits per heavy atom. The Hall–Kier alpha value is -1.79. The molecule has 2 atom stereocenters. The number of aryl methyl sites for hydroxylation is 1. The molecule has 1 aromatic carbocycles. The summed E-state index contributed by atoms with van der Waals surface area (Å²) >= 11 is 5.99. The minimum Gasteiger partial charge on any atom is -0.481 e. The molecule has 0 saturated carbocycles. The summed E-state index contributed by atoms with van der Waals surface area (Å²) in [5.74, 6) is -0.997. The summed E-state index contributed by atoms with van der Waals surface area (Å²) in [6.45, 7) is 3.66. The first kappa shape index (κ1) is 15.6. The van der Waals surface area contributed by atoms with Gasteiger partial charge in [-0.05, 0) is 31.5 Å². The van der Waals surface area contributed by atoms with Crippen molar-refractivity contribution in [2.45, 2.75) is 19.9 Å². The maximum atomic E-state index is 12.0. The number of benzene rings is 1. The Labute approximate surface area is 127 Å². The third-order valence-corrected chi connectivity index (χ3v) is 4.09. The molecule has 114 valence electrons. The first-order chi connectivity index (χ1) is 9.83. The molecule has 6 nitrogen and oxygen atoms in total. The van der Waals surface area contributed by atoms with Crippen molar-refractivity contribution < 1.29 is 19.4 Å². The molecule has 1 saturated heterocycles. The fourth-order valence-electron chi connectivity index (χ4n) is 2.08. The minimum absolute atomic E-state index is 0.0731. The number of nitrogens with one attached hydrogen (secondary N) is 2. The molecular weight excluding hydrogens is 296 g/mol. The molecule has 3 N–H and O–H groups in total. The van der Waals surface area contributed by atoms with Gasteiger partial charge in [0.2, 0.25) is 0 Å². The standard InChI is InChI=1S/C14H17ClN2O4/c1-8-3-4-9(5-10(8)15)16-13(20)17-11-6-21-7-14(11,2)12(18)19/h3-5,11H,6-7H2,1-2H3,(H,18,19)(H2,16,17,20). The maximum absolute atomic E-state index is 12.0. The number of carboxylic acid groups (broad SMARTS) is 1. The van der Waals surface area contributed by atoms with Crippen molar-refractivity contribution in [1.29, 1.82) is 0 Å². The van der Waals surface area contributed by atoms with Crippen molar-refractivity contribution in [3.63, 3.8) is 0 Å². The lowest BCUT2D eigenvalue weighted by atomic mass is 9.85. The first-order valence-corrected chi connectivity index (χ1v) is 6.85. The van der Waals surface area contributed by atoms with E-state index in [-0.39, 0.29) is 13.2 Å². The second-order valence-electron chi connectivity index (χ2n) is 5.35. The van der Waals surface area contributed by atoms with E-state index in [1.165, 1.54) is 0 Å². The lowest BCUT2D eigenvalue weighted by molar-refractivity contribution is -0.148. The van der Waals surface area contributed by atoms with Crippen molar-refractivity contribution >= 4 is 29.3 Å². The Balaban J connectivity index is 2.01. The van der Waals surface area contributed by atoms with E-state index in [1.807, 2.05) is 6.92 Å². The smallest absolute Gasteiger partial charge is 0.319 e. The van der Waals surface area contributed by atoms with Crippen molar-refractivity contribution in [2.24, 2.45) is 5.41 Å². The van der Waals surface area contributed by atoms with Gasteiger partial charge in [-0.15, -0.1) is 0 Å². The fourth-order valence-corrected chi connectivity index (χ4v) is 2.26. The van der Waals surface area contributed by atoms with Crippen LogP contribution in [0.1, 0.15) is 12.5 Å². The van der Waals surface area contributed by atoms with E-state index in [9.17, 15) is 14.7 Å². The second-order valence-corrected chi connectivity index (χ2v) is 5.76. The molecule has 1 fully saturated rings. The number of anilines is 1. The Morgan fingerprint density at radius 1 is 1.48 bits per heavy atom. The molecule has 1 aromatic rings. The zero-order chi connectivity index (χ0) is 15.6. The number of hydrogen-bond acceptors (Lipinski definition) is 3. The predicted molar refractivity (Wildman–Crippen MR) is 78.7 cm³/mol. The predicted octanol–water partition coefficient (Wildman–Crippen LogP) is 2.26. The number of rotatable bonds is 3. The van der Waals surface area contributed by atoms with E-state index in [0.717, 1.165) is 5.56 Å². The number of halogens is 1. The van der Waals surface area contributed by atoms with E-state index in [0.29, 0.717) is 10.7 Å². The van der Waals surface area contributed by atoms with Gasteiger partial charge < -0.3 is 20.5 Å². The zero-order valence-corrected chi connectivity index (χ0v) is 12.5. The summed E-state index contributed by atoms with van der Waals surface area (Å²) in [4.78, 5) is 23.2. The van der Waals surface area contributed by atoms with Crippen LogP contribution >= 0.6 is 11.6 Å². The molecule has 0 aromatic heterocycles. The van der Waals surface area contributed by atoms with Gasteiger partial charge in [0.05, 0.1) is 19.3 Å². The highest BCUT2D eigenvalue weighted by atomic mass is 35.5. The number of amides is 2. The van der Waals surface area contributed by atoms with Crippen molar-refractivity contribution in [2.75, 3.05) is 18.5 Å². The lowest BCUT2D eigenvalue weighted by Crippen LogP contribution is -2.50. The van der Waals surface area contributed by atoms with Crippen LogP contribution in [0.25, 0.3) is 0 Å². The number of carboxylic acids is 1. The molecule has 2 amide bonds. The summed E-state index contributed by atoms with van der Waals surface area (Å²) in [6.07, 6.45) is 0. The van der Waals surface area contributed by atoms with E-state index in [1.54, 1.807) is 25.1 Å². The summed E-state index contributed by atoms with van der Waals surface area (Å²) in [7, 11) is 0.